The lowest BCUT2D eigenvalue weighted by Crippen LogP contribution is -2.30. The van der Waals surface area contributed by atoms with E-state index in [0.29, 0.717) is 19.3 Å². The fourth-order valence-corrected chi connectivity index (χ4v) is 3.59. The van der Waals surface area contributed by atoms with Gasteiger partial charge in [-0.25, -0.2) is 0 Å². The lowest BCUT2D eigenvalue weighted by atomic mass is 10.1. The van der Waals surface area contributed by atoms with Gasteiger partial charge in [0, 0.05) is 23.2 Å². The minimum absolute atomic E-state index is 0.563. The van der Waals surface area contributed by atoms with Crippen molar-refractivity contribution in [3.05, 3.63) is 17.7 Å². The van der Waals surface area contributed by atoms with Crippen LogP contribution in [0.25, 0.3) is 0 Å². The molecule has 0 saturated heterocycles. The number of hydrogen-bond acceptors (Lipinski definition) is 5. The normalized spacial score (nSPS) is 15.2. The molecule has 1 aromatic rings. The highest BCUT2D eigenvalue weighted by atomic mass is 32.2. The van der Waals surface area contributed by atoms with E-state index < -0.39 is 0 Å². The second kappa shape index (κ2) is 8.05. The number of thioether (sulfide) groups is 2. The molecule has 1 aliphatic rings. The molecular formula is C15H23NO2S2. The van der Waals surface area contributed by atoms with Crippen molar-refractivity contribution < 1.29 is 9.47 Å². The molecular weight excluding hydrogens is 290 g/mol. The van der Waals surface area contributed by atoms with Crippen molar-refractivity contribution in [3.8, 4) is 11.5 Å². The van der Waals surface area contributed by atoms with Crippen molar-refractivity contribution in [2.75, 3.05) is 31.5 Å². The summed E-state index contributed by atoms with van der Waals surface area (Å²) in [6, 6.07) is 4.79. The number of benzene rings is 1. The monoisotopic (exact) mass is 313 g/mol. The summed E-state index contributed by atoms with van der Waals surface area (Å²) >= 11 is 3.65. The fraction of sp³-hybridized carbons (Fsp3) is 0.600. The van der Waals surface area contributed by atoms with Crippen molar-refractivity contribution >= 4 is 23.5 Å². The highest BCUT2D eigenvalue weighted by Crippen LogP contribution is 2.36. The Morgan fingerprint density at radius 3 is 2.50 bits per heavy atom. The lowest BCUT2D eigenvalue weighted by Gasteiger charge is -2.22. The Bertz CT molecular complexity index is 440. The zero-order valence-electron chi connectivity index (χ0n) is 12.4. The Labute approximate surface area is 130 Å². The van der Waals surface area contributed by atoms with Gasteiger partial charge < -0.3 is 14.8 Å². The van der Waals surface area contributed by atoms with Crippen LogP contribution in [0, 0.1) is 0 Å². The summed E-state index contributed by atoms with van der Waals surface area (Å²) in [6.07, 6.45) is 5.41. The first kappa shape index (κ1) is 15.9. The van der Waals surface area contributed by atoms with E-state index in [4.69, 9.17) is 9.47 Å². The fourth-order valence-electron chi connectivity index (χ4n) is 2.22. The molecule has 0 fully saturated rings. The van der Waals surface area contributed by atoms with E-state index >= 15 is 0 Å². The molecule has 1 heterocycles. The molecule has 0 aromatic heterocycles. The third kappa shape index (κ3) is 3.99. The number of ether oxygens (including phenoxy) is 2. The second-order valence-corrected chi connectivity index (χ2v) is 6.51. The Morgan fingerprint density at radius 2 is 1.90 bits per heavy atom. The van der Waals surface area contributed by atoms with Gasteiger partial charge in [-0.15, -0.1) is 11.8 Å². The van der Waals surface area contributed by atoms with Gasteiger partial charge in [0.25, 0.3) is 0 Å². The van der Waals surface area contributed by atoms with Gasteiger partial charge in [-0.05, 0) is 36.6 Å². The highest BCUT2D eigenvalue weighted by Gasteiger charge is 2.16. The van der Waals surface area contributed by atoms with Crippen LogP contribution in [0.15, 0.2) is 17.0 Å². The lowest BCUT2D eigenvalue weighted by molar-refractivity contribution is 0.171. The molecule has 0 amide bonds. The molecule has 0 aliphatic carbocycles. The van der Waals surface area contributed by atoms with Crippen LogP contribution in [0.1, 0.15) is 18.9 Å². The van der Waals surface area contributed by atoms with E-state index in [-0.39, 0.29) is 0 Å². The van der Waals surface area contributed by atoms with Gasteiger partial charge in [-0.2, -0.15) is 11.8 Å². The standard InChI is InChI=1S/C15H23NO2S2/c1-4-12(10-19-2)16-9-11-7-13-14(8-15(11)20-3)18-6-5-17-13/h7-8,12,16H,4-6,9-10H2,1-3H3. The zero-order valence-corrected chi connectivity index (χ0v) is 14.0. The maximum absolute atomic E-state index is 5.68. The summed E-state index contributed by atoms with van der Waals surface area (Å²) in [4.78, 5) is 1.26. The van der Waals surface area contributed by atoms with Crippen molar-refractivity contribution in [1.82, 2.24) is 5.32 Å². The molecule has 1 aromatic carbocycles. The average molecular weight is 313 g/mol. The van der Waals surface area contributed by atoms with Crippen LogP contribution in [-0.4, -0.2) is 37.5 Å². The average Bonchev–Trinajstić information content (AvgIpc) is 2.50. The molecule has 1 unspecified atom stereocenters. The Morgan fingerprint density at radius 1 is 1.20 bits per heavy atom. The van der Waals surface area contributed by atoms with Gasteiger partial charge in [0.15, 0.2) is 11.5 Å². The van der Waals surface area contributed by atoms with E-state index in [0.717, 1.165) is 30.2 Å². The van der Waals surface area contributed by atoms with Crippen LogP contribution in [0.5, 0.6) is 11.5 Å². The van der Waals surface area contributed by atoms with Crippen molar-refractivity contribution in [2.45, 2.75) is 30.8 Å². The third-order valence-corrected chi connectivity index (χ3v) is 4.94. The first-order valence-corrected chi connectivity index (χ1v) is 9.59. The molecule has 3 nitrogen and oxygen atoms in total. The Hall–Kier alpha value is -0.520. The zero-order chi connectivity index (χ0) is 14.4. The third-order valence-electron chi connectivity index (χ3n) is 3.39. The summed E-state index contributed by atoms with van der Waals surface area (Å²) in [5, 5.41) is 3.64. The number of rotatable bonds is 7. The van der Waals surface area contributed by atoms with E-state index in [1.807, 2.05) is 11.8 Å². The molecule has 1 aliphatic heterocycles. The van der Waals surface area contributed by atoms with Gasteiger partial charge >= 0.3 is 0 Å². The van der Waals surface area contributed by atoms with Gasteiger partial charge in [0.1, 0.15) is 13.2 Å². The maximum Gasteiger partial charge on any atom is 0.162 e. The van der Waals surface area contributed by atoms with E-state index in [9.17, 15) is 0 Å². The van der Waals surface area contributed by atoms with Gasteiger partial charge in [-0.1, -0.05) is 6.92 Å². The second-order valence-electron chi connectivity index (χ2n) is 4.75. The van der Waals surface area contributed by atoms with E-state index in [2.05, 4.69) is 36.9 Å². The van der Waals surface area contributed by atoms with Crippen LogP contribution >= 0.6 is 23.5 Å². The van der Waals surface area contributed by atoms with Gasteiger partial charge in [-0.3, -0.25) is 0 Å². The highest BCUT2D eigenvalue weighted by molar-refractivity contribution is 7.98. The van der Waals surface area contributed by atoms with Crippen LogP contribution in [0.4, 0.5) is 0 Å². The van der Waals surface area contributed by atoms with Crippen LogP contribution in [-0.2, 0) is 6.54 Å². The van der Waals surface area contributed by atoms with E-state index in [1.165, 1.54) is 10.5 Å². The van der Waals surface area contributed by atoms with Crippen molar-refractivity contribution in [3.63, 3.8) is 0 Å². The number of nitrogens with one attached hydrogen (secondary N) is 1. The first-order valence-electron chi connectivity index (χ1n) is 6.97. The summed E-state index contributed by atoms with van der Waals surface area (Å²) in [7, 11) is 0. The van der Waals surface area contributed by atoms with Crippen LogP contribution < -0.4 is 14.8 Å². The summed E-state index contributed by atoms with van der Waals surface area (Å²) in [5.41, 5.74) is 1.29. The number of hydrogen-bond donors (Lipinski definition) is 1. The summed E-state index contributed by atoms with van der Waals surface area (Å²) in [6.45, 7) is 4.39. The van der Waals surface area contributed by atoms with Crippen LogP contribution in [0.2, 0.25) is 0 Å². The van der Waals surface area contributed by atoms with Crippen molar-refractivity contribution in [1.29, 1.82) is 0 Å². The molecule has 0 spiro atoms. The molecule has 0 saturated carbocycles. The summed E-state index contributed by atoms with van der Waals surface area (Å²) < 4.78 is 11.3. The predicted molar refractivity (Wildman–Crippen MR) is 88.5 cm³/mol. The molecule has 112 valence electrons. The molecule has 5 heteroatoms. The maximum atomic E-state index is 5.68. The minimum Gasteiger partial charge on any atom is -0.486 e. The Balaban J connectivity index is 2.09. The molecule has 1 atom stereocenters. The molecule has 0 bridgehead atoms. The van der Waals surface area contributed by atoms with E-state index in [1.54, 1.807) is 11.8 Å². The predicted octanol–water partition coefficient (Wildman–Crippen LogP) is 3.41. The topological polar surface area (TPSA) is 30.5 Å². The molecule has 2 rings (SSSR count). The Kier molecular flexibility index (Phi) is 6.39. The van der Waals surface area contributed by atoms with Gasteiger partial charge in [0.05, 0.1) is 0 Å². The molecule has 20 heavy (non-hydrogen) atoms. The summed E-state index contributed by atoms with van der Waals surface area (Å²) in [5.74, 6) is 2.90. The molecule has 1 N–H and O–H groups in total. The first-order chi connectivity index (χ1) is 9.78. The molecule has 0 radical (unpaired) electrons. The minimum atomic E-state index is 0.563. The smallest absolute Gasteiger partial charge is 0.162 e. The number of fused-ring (bicyclic) bond motifs is 1. The quantitative estimate of drug-likeness (QED) is 0.780. The van der Waals surface area contributed by atoms with Gasteiger partial charge in [0.2, 0.25) is 0 Å². The van der Waals surface area contributed by atoms with Crippen molar-refractivity contribution in [2.24, 2.45) is 0 Å². The SMILES string of the molecule is CCC(CSC)NCc1cc2c(cc1SC)OCCO2. The van der Waals surface area contributed by atoms with Crippen LogP contribution in [0.3, 0.4) is 0 Å². The largest absolute Gasteiger partial charge is 0.486 e.